The summed E-state index contributed by atoms with van der Waals surface area (Å²) in [7, 11) is 0. The van der Waals surface area contributed by atoms with Gasteiger partial charge in [0.15, 0.2) is 0 Å². The van der Waals surface area contributed by atoms with Crippen LogP contribution in [0.3, 0.4) is 0 Å². The fraction of sp³-hybridized carbons (Fsp3) is 0.217. The summed E-state index contributed by atoms with van der Waals surface area (Å²) in [6.45, 7) is 2.79. The predicted molar refractivity (Wildman–Crippen MR) is 99.2 cm³/mol. The molecule has 3 aromatic carbocycles. The van der Waals surface area contributed by atoms with Crippen molar-refractivity contribution in [3.63, 3.8) is 0 Å². The minimum atomic E-state index is -0.352. The quantitative estimate of drug-likeness (QED) is 0.701. The Balaban J connectivity index is 1.57. The lowest BCUT2D eigenvalue weighted by atomic mass is 9.85. The molecule has 5 rings (SSSR count). The molecular weight excluding hydrogens is 306 g/mol. The number of hydrogen-bond acceptors (Lipinski definition) is 2. The van der Waals surface area contributed by atoms with Gasteiger partial charge in [0.05, 0.1) is 6.10 Å². The molecule has 3 aromatic rings. The van der Waals surface area contributed by atoms with E-state index < -0.39 is 0 Å². The minimum Gasteiger partial charge on any atom is -0.355 e. The molecule has 2 heteroatoms. The third-order valence-corrected chi connectivity index (χ3v) is 5.45. The summed E-state index contributed by atoms with van der Waals surface area (Å²) in [5.74, 6) is 0. The molecule has 0 radical (unpaired) electrons. The second-order valence-electron chi connectivity index (χ2n) is 7.04. The van der Waals surface area contributed by atoms with Crippen LogP contribution in [-0.4, -0.2) is 18.0 Å². The zero-order valence-electron chi connectivity index (χ0n) is 14.1. The zero-order valence-corrected chi connectivity index (χ0v) is 14.1. The van der Waals surface area contributed by atoms with Gasteiger partial charge < -0.3 is 4.74 Å². The number of ether oxygens (including phenoxy) is 1. The second kappa shape index (κ2) is 5.83. The summed E-state index contributed by atoms with van der Waals surface area (Å²) in [6, 6.07) is 30.2. The van der Waals surface area contributed by atoms with Crippen molar-refractivity contribution in [2.75, 3.05) is 13.1 Å². The van der Waals surface area contributed by atoms with Crippen molar-refractivity contribution < 1.29 is 4.74 Å². The standard InChI is InChI=1S/C23H21NO/c1-3-9-18(10-4-1)15-24-16-22-20-13-7-8-14-21(20)23(17-24,25-22)19-11-5-2-6-12-19/h1-14,22H,15-17H2. The minimum absolute atomic E-state index is 0.147. The van der Waals surface area contributed by atoms with Crippen LogP contribution >= 0.6 is 0 Å². The van der Waals surface area contributed by atoms with Crippen molar-refractivity contribution in [3.05, 3.63) is 107 Å². The van der Waals surface area contributed by atoms with Gasteiger partial charge in [-0.2, -0.15) is 0 Å². The van der Waals surface area contributed by atoms with E-state index in [2.05, 4.69) is 89.8 Å². The normalized spacial score (nSPS) is 24.9. The van der Waals surface area contributed by atoms with Crippen molar-refractivity contribution in [1.82, 2.24) is 4.90 Å². The SMILES string of the molecule is c1ccc(CN2CC3OC(c4ccccc4)(C2)c2ccccc23)cc1. The van der Waals surface area contributed by atoms with Crippen LogP contribution in [0.25, 0.3) is 0 Å². The summed E-state index contributed by atoms with van der Waals surface area (Å²) in [5, 5.41) is 0. The lowest BCUT2D eigenvalue weighted by Crippen LogP contribution is -2.47. The largest absolute Gasteiger partial charge is 0.355 e. The number of rotatable bonds is 3. The summed E-state index contributed by atoms with van der Waals surface area (Å²) >= 11 is 0. The van der Waals surface area contributed by atoms with Gasteiger partial charge >= 0.3 is 0 Å². The maximum atomic E-state index is 6.67. The molecule has 0 aromatic heterocycles. The molecule has 1 fully saturated rings. The monoisotopic (exact) mass is 327 g/mol. The van der Waals surface area contributed by atoms with Crippen LogP contribution in [0.1, 0.15) is 28.4 Å². The summed E-state index contributed by atoms with van der Waals surface area (Å²) in [5.41, 5.74) is 4.94. The highest BCUT2D eigenvalue weighted by Gasteiger charge is 2.50. The van der Waals surface area contributed by atoms with Gasteiger partial charge in [0.25, 0.3) is 0 Å². The highest BCUT2D eigenvalue weighted by molar-refractivity contribution is 5.47. The average molecular weight is 327 g/mol. The van der Waals surface area contributed by atoms with Gasteiger partial charge in [-0.05, 0) is 22.3 Å². The third-order valence-electron chi connectivity index (χ3n) is 5.45. The van der Waals surface area contributed by atoms with Gasteiger partial charge in [0.1, 0.15) is 5.60 Å². The Morgan fingerprint density at radius 2 is 1.52 bits per heavy atom. The highest BCUT2D eigenvalue weighted by atomic mass is 16.5. The van der Waals surface area contributed by atoms with Crippen molar-refractivity contribution in [3.8, 4) is 0 Å². The zero-order chi connectivity index (χ0) is 16.7. The first kappa shape index (κ1) is 14.9. The van der Waals surface area contributed by atoms with Gasteiger partial charge in [0, 0.05) is 19.6 Å². The fourth-order valence-electron chi connectivity index (χ4n) is 4.37. The first-order valence-corrected chi connectivity index (χ1v) is 8.94. The molecule has 0 spiro atoms. The van der Waals surface area contributed by atoms with E-state index in [1.807, 2.05) is 0 Å². The van der Waals surface area contributed by atoms with E-state index in [0.29, 0.717) is 0 Å². The topological polar surface area (TPSA) is 12.5 Å². The van der Waals surface area contributed by atoms with E-state index in [-0.39, 0.29) is 11.7 Å². The molecular formula is C23H21NO. The van der Waals surface area contributed by atoms with Gasteiger partial charge in [-0.3, -0.25) is 4.90 Å². The van der Waals surface area contributed by atoms with Crippen LogP contribution in [0.15, 0.2) is 84.9 Å². The number of benzene rings is 3. The van der Waals surface area contributed by atoms with Crippen LogP contribution in [0.5, 0.6) is 0 Å². The first-order chi connectivity index (χ1) is 12.4. The molecule has 2 bridgehead atoms. The van der Waals surface area contributed by atoms with Crippen molar-refractivity contribution in [2.24, 2.45) is 0 Å². The van der Waals surface area contributed by atoms with Gasteiger partial charge in [-0.25, -0.2) is 0 Å². The van der Waals surface area contributed by atoms with E-state index in [1.165, 1.54) is 22.3 Å². The molecule has 2 atom stereocenters. The Hall–Kier alpha value is -2.42. The molecule has 25 heavy (non-hydrogen) atoms. The summed E-state index contributed by atoms with van der Waals surface area (Å²) < 4.78 is 6.67. The summed E-state index contributed by atoms with van der Waals surface area (Å²) in [6.07, 6.45) is 0.147. The van der Waals surface area contributed by atoms with E-state index in [4.69, 9.17) is 4.74 Å². The number of fused-ring (bicyclic) bond motifs is 5. The fourth-order valence-corrected chi connectivity index (χ4v) is 4.37. The Labute approximate surface area is 148 Å². The smallest absolute Gasteiger partial charge is 0.132 e. The molecule has 2 aliphatic heterocycles. The van der Waals surface area contributed by atoms with Crippen LogP contribution in [-0.2, 0) is 16.9 Å². The van der Waals surface area contributed by atoms with Gasteiger partial charge in [-0.1, -0.05) is 84.9 Å². The molecule has 2 heterocycles. The van der Waals surface area contributed by atoms with Crippen LogP contribution in [0, 0.1) is 0 Å². The maximum Gasteiger partial charge on any atom is 0.132 e. The second-order valence-corrected chi connectivity index (χ2v) is 7.04. The molecule has 0 saturated carbocycles. The Kier molecular flexibility index (Phi) is 3.47. The number of hydrogen-bond donors (Lipinski definition) is 0. The lowest BCUT2D eigenvalue weighted by Gasteiger charge is -2.41. The van der Waals surface area contributed by atoms with E-state index in [9.17, 15) is 0 Å². The molecule has 2 nitrogen and oxygen atoms in total. The summed E-state index contributed by atoms with van der Waals surface area (Å²) in [4.78, 5) is 2.54. The molecule has 0 N–H and O–H groups in total. The third kappa shape index (κ3) is 2.41. The molecule has 0 aliphatic carbocycles. The lowest BCUT2D eigenvalue weighted by molar-refractivity contribution is -0.121. The van der Waals surface area contributed by atoms with Gasteiger partial charge in [-0.15, -0.1) is 0 Å². The molecule has 2 unspecified atom stereocenters. The average Bonchev–Trinajstić information content (AvgIpc) is 2.92. The maximum absolute atomic E-state index is 6.67. The van der Waals surface area contributed by atoms with Crippen LogP contribution in [0.2, 0.25) is 0 Å². The number of nitrogens with zero attached hydrogens (tertiary/aromatic N) is 1. The highest BCUT2D eigenvalue weighted by Crippen LogP contribution is 2.51. The Bertz CT molecular complexity index is 877. The van der Waals surface area contributed by atoms with E-state index in [1.54, 1.807) is 0 Å². The molecule has 124 valence electrons. The molecule has 2 aliphatic rings. The van der Waals surface area contributed by atoms with Crippen molar-refractivity contribution in [1.29, 1.82) is 0 Å². The van der Waals surface area contributed by atoms with Crippen molar-refractivity contribution >= 4 is 0 Å². The Morgan fingerprint density at radius 3 is 2.32 bits per heavy atom. The molecule has 1 saturated heterocycles. The van der Waals surface area contributed by atoms with E-state index >= 15 is 0 Å². The number of morpholine rings is 1. The van der Waals surface area contributed by atoms with Crippen LogP contribution < -0.4 is 0 Å². The Morgan fingerprint density at radius 1 is 0.840 bits per heavy atom. The van der Waals surface area contributed by atoms with E-state index in [0.717, 1.165) is 19.6 Å². The molecule has 0 amide bonds. The van der Waals surface area contributed by atoms with Crippen LogP contribution in [0.4, 0.5) is 0 Å². The van der Waals surface area contributed by atoms with Crippen molar-refractivity contribution in [2.45, 2.75) is 18.2 Å². The first-order valence-electron chi connectivity index (χ1n) is 8.94. The predicted octanol–water partition coefficient (Wildman–Crippen LogP) is 4.52. The van der Waals surface area contributed by atoms with Gasteiger partial charge in [0.2, 0.25) is 0 Å².